The topological polar surface area (TPSA) is 39.2 Å². The molecule has 0 aliphatic carbocycles. The number of aromatic nitrogens is 1. The van der Waals surface area contributed by atoms with Gasteiger partial charge in [-0.1, -0.05) is 0 Å². The van der Waals surface area contributed by atoms with Gasteiger partial charge in [-0.2, -0.15) is 0 Å². The Morgan fingerprint density at radius 3 is 3.00 bits per heavy atom. The minimum absolute atomic E-state index is 0.479. The van der Waals surface area contributed by atoms with Crippen LogP contribution in [0.25, 0.3) is 11.7 Å². The Balaban J connectivity index is 2.45. The third-order valence-electron chi connectivity index (χ3n) is 1.30. The standard InChI is InChI=1S/C8H6NO2/c1-6-5-9-8(11-6)7-3-2-4-10-7/h2-4H,1H3. The molecule has 3 heteroatoms. The van der Waals surface area contributed by atoms with E-state index in [1.165, 1.54) is 0 Å². The quantitative estimate of drug-likeness (QED) is 0.621. The zero-order chi connectivity index (χ0) is 7.68. The van der Waals surface area contributed by atoms with E-state index < -0.39 is 0 Å². The summed E-state index contributed by atoms with van der Waals surface area (Å²) in [4.78, 5) is 3.87. The molecule has 0 bridgehead atoms. The lowest BCUT2D eigenvalue weighted by Gasteiger charge is -1.84. The highest BCUT2D eigenvalue weighted by Crippen LogP contribution is 2.17. The molecular weight excluding hydrogens is 142 g/mol. The van der Waals surface area contributed by atoms with Crippen molar-refractivity contribution in [2.45, 2.75) is 6.92 Å². The number of oxazole rings is 1. The van der Waals surface area contributed by atoms with Crippen molar-refractivity contribution in [1.29, 1.82) is 0 Å². The van der Waals surface area contributed by atoms with Crippen LogP contribution in [0.2, 0.25) is 0 Å². The molecule has 0 saturated heterocycles. The first-order valence-electron chi connectivity index (χ1n) is 3.25. The van der Waals surface area contributed by atoms with Gasteiger partial charge in [0.15, 0.2) is 5.76 Å². The molecule has 0 fully saturated rings. The summed E-state index contributed by atoms with van der Waals surface area (Å²) < 4.78 is 10.2. The molecule has 11 heavy (non-hydrogen) atoms. The van der Waals surface area contributed by atoms with Crippen molar-refractivity contribution in [3.63, 3.8) is 0 Å². The van der Waals surface area contributed by atoms with Gasteiger partial charge in [-0.05, 0) is 19.1 Å². The number of nitrogens with zero attached hydrogens (tertiary/aromatic N) is 1. The molecule has 0 amide bonds. The van der Waals surface area contributed by atoms with Crippen LogP contribution in [0, 0.1) is 13.1 Å². The lowest BCUT2D eigenvalue weighted by atomic mass is 10.4. The molecular formula is C8H6NO2. The van der Waals surface area contributed by atoms with E-state index in [4.69, 9.17) is 8.83 Å². The second-order valence-electron chi connectivity index (χ2n) is 2.16. The fourth-order valence-electron chi connectivity index (χ4n) is 0.826. The van der Waals surface area contributed by atoms with Crippen LogP contribution in [-0.4, -0.2) is 4.98 Å². The molecule has 0 aliphatic rings. The van der Waals surface area contributed by atoms with Gasteiger partial charge in [0.1, 0.15) is 12.0 Å². The van der Waals surface area contributed by atoms with E-state index >= 15 is 0 Å². The molecule has 55 valence electrons. The van der Waals surface area contributed by atoms with Crippen molar-refractivity contribution >= 4 is 0 Å². The van der Waals surface area contributed by atoms with E-state index in [9.17, 15) is 0 Å². The van der Waals surface area contributed by atoms with Crippen LogP contribution >= 0.6 is 0 Å². The summed E-state index contributed by atoms with van der Waals surface area (Å²) in [6, 6.07) is 3.58. The van der Waals surface area contributed by atoms with Gasteiger partial charge in [-0.3, -0.25) is 0 Å². The zero-order valence-corrected chi connectivity index (χ0v) is 6.00. The highest BCUT2D eigenvalue weighted by Gasteiger charge is 2.05. The van der Waals surface area contributed by atoms with Crippen molar-refractivity contribution in [3.8, 4) is 11.7 Å². The molecule has 0 unspecified atom stereocenters. The van der Waals surface area contributed by atoms with E-state index in [1.807, 2.05) is 0 Å². The summed E-state index contributed by atoms with van der Waals surface area (Å²) in [6.07, 6.45) is 4.26. The number of aryl methyl sites for hydroxylation is 1. The van der Waals surface area contributed by atoms with E-state index in [2.05, 4.69) is 11.2 Å². The SMILES string of the molecule is Cc1[c]nc(-c2ccco2)o1. The smallest absolute Gasteiger partial charge is 0.263 e. The predicted molar refractivity (Wildman–Crippen MR) is 37.8 cm³/mol. The van der Waals surface area contributed by atoms with Crippen LogP contribution in [0.1, 0.15) is 5.76 Å². The fraction of sp³-hybridized carbons (Fsp3) is 0.125. The first-order valence-corrected chi connectivity index (χ1v) is 3.25. The highest BCUT2D eigenvalue weighted by atomic mass is 16.4. The van der Waals surface area contributed by atoms with Gasteiger partial charge in [-0.25, -0.2) is 4.98 Å². The number of rotatable bonds is 1. The molecule has 0 aliphatic heterocycles. The zero-order valence-electron chi connectivity index (χ0n) is 6.00. The normalized spacial score (nSPS) is 10.3. The molecule has 0 aromatic carbocycles. The van der Waals surface area contributed by atoms with Gasteiger partial charge in [-0.15, -0.1) is 0 Å². The van der Waals surface area contributed by atoms with Crippen molar-refractivity contribution in [1.82, 2.24) is 4.98 Å². The molecule has 0 saturated carbocycles. The van der Waals surface area contributed by atoms with Crippen molar-refractivity contribution in [2.75, 3.05) is 0 Å². The van der Waals surface area contributed by atoms with E-state index in [0.717, 1.165) is 0 Å². The van der Waals surface area contributed by atoms with Gasteiger partial charge in [0, 0.05) is 0 Å². The molecule has 2 aromatic rings. The molecule has 2 rings (SSSR count). The van der Waals surface area contributed by atoms with Crippen molar-refractivity contribution in [2.24, 2.45) is 0 Å². The van der Waals surface area contributed by atoms with Gasteiger partial charge in [0.25, 0.3) is 5.89 Å². The lowest BCUT2D eigenvalue weighted by molar-refractivity contribution is 0.500. The molecule has 1 radical (unpaired) electrons. The Morgan fingerprint density at radius 2 is 2.45 bits per heavy atom. The first kappa shape index (κ1) is 6.22. The van der Waals surface area contributed by atoms with Gasteiger partial charge in [0.05, 0.1) is 6.26 Å². The maximum atomic E-state index is 5.17. The second kappa shape index (κ2) is 2.27. The second-order valence-corrected chi connectivity index (χ2v) is 2.16. The van der Waals surface area contributed by atoms with Crippen molar-refractivity contribution < 1.29 is 8.83 Å². The van der Waals surface area contributed by atoms with Crippen LogP contribution in [0.4, 0.5) is 0 Å². The summed E-state index contributed by atoms with van der Waals surface area (Å²) in [5.41, 5.74) is 0. The Labute approximate surface area is 63.7 Å². The van der Waals surface area contributed by atoms with Crippen molar-refractivity contribution in [3.05, 3.63) is 30.4 Å². The molecule has 3 nitrogen and oxygen atoms in total. The maximum absolute atomic E-state index is 5.17. The fourth-order valence-corrected chi connectivity index (χ4v) is 0.826. The van der Waals surface area contributed by atoms with E-state index in [1.54, 1.807) is 25.3 Å². The number of hydrogen-bond acceptors (Lipinski definition) is 3. The molecule has 0 spiro atoms. The highest BCUT2D eigenvalue weighted by molar-refractivity contribution is 5.43. The lowest BCUT2D eigenvalue weighted by Crippen LogP contribution is -1.68. The molecule has 2 heterocycles. The van der Waals surface area contributed by atoms with Gasteiger partial charge in [0.2, 0.25) is 0 Å². The molecule has 0 atom stereocenters. The Hall–Kier alpha value is -1.51. The van der Waals surface area contributed by atoms with E-state index in [0.29, 0.717) is 17.4 Å². The van der Waals surface area contributed by atoms with Crippen LogP contribution in [0.3, 0.4) is 0 Å². The largest absolute Gasteiger partial charge is 0.459 e. The van der Waals surface area contributed by atoms with Crippen LogP contribution in [0.5, 0.6) is 0 Å². The number of hydrogen-bond donors (Lipinski definition) is 0. The maximum Gasteiger partial charge on any atom is 0.263 e. The first-order chi connectivity index (χ1) is 5.36. The summed E-state index contributed by atoms with van der Waals surface area (Å²) in [7, 11) is 0. The summed E-state index contributed by atoms with van der Waals surface area (Å²) in [6.45, 7) is 1.79. The Bertz CT molecular complexity index is 335. The minimum Gasteiger partial charge on any atom is -0.459 e. The summed E-state index contributed by atoms with van der Waals surface area (Å²) in [5.74, 6) is 1.78. The monoisotopic (exact) mass is 148 g/mol. The van der Waals surface area contributed by atoms with Crippen LogP contribution in [0.15, 0.2) is 27.2 Å². The Kier molecular flexibility index (Phi) is 1.28. The number of furan rings is 1. The summed E-state index contributed by atoms with van der Waals surface area (Å²) in [5, 5.41) is 0. The van der Waals surface area contributed by atoms with Crippen LogP contribution in [-0.2, 0) is 0 Å². The minimum atomic E-state index is 0.479. The third-order valence-corrected chi connectivity index (χ3v) is 1.30. The average molecular weight is 148 g/mol. The van der Waals surface area contributed by atoms with Gasteiger partial charge >= 0.3 is 0 Å². The van der Waals surface area contributed by atoms with Crippen LogP contribution < -0.4 is 0 Å². The Morgan fingerprint density at radius 1 is 1.55 bits per heavy atom. The molecule has 0 N–H and O–H groups in total. The third kappa shape index (κ3) is 1.05. The summed E-state index contributed by atoms with van der Waals surface area (Å²) >= 11 is 0. The predicted octanol–water partition coefficient (Wildman–Crippen LogP) is 2.04. The van der Waals surface area contributed by atoms with Gasteiger partial charge < -0.3 is 8.83 Å². The average Bonchev–Trinajstić information content (AvgIpc) is 2.55. The molecule has 2 aromatic heterocycles. The van der Waals surface area contributed by atoms with E-state index in [-0.39, 0.29) is 0 Å².